The van der Waals surface area contributed by atoms with Crippen molar-refractivity contribution in [3.05, 3.63) is 48.0 Å². The van der Waals surface area contributed by atoms with Crippen LogP contribution in [0, 0.1) is 11.6 Å². The molecular weight excluding hydrogens is 357 g/mol. The van der Waals surface area contributed by atoms with Crippen LogP contribution in [-0.2, 0) is 0 Å². The van der Waals surface area contributed by atoms with Crippen LogP contribution in [0.1, 0.15) is 0 Å². The van der Waals surface area contributed by atoms with Gasteiger partial charge in [0.2, 0.25) is 0 Å². The van der Waals surface area contributed by atoms with Crippen LogP contribution in [0.5, 0.6) is 11.5 Å². The molecule has 0 unspecified atom stereocenters. The SMILES string of the molecule is Cl.NCCOc1ccc(-c2cc(F)ccc2F)cc1OC(F)(F)F. The maximum absolute atomic E-state index is 13.8. The monoisotopic (exact) mass is 369 g/mol. The predicted octanol–water partition coefficient (Wildman–Crippen LogP) is 4.29. The quantitative estimate of drug-likeness (QED) is 0.800. The summed E-state index contributed by atoms with van der Waals surface area (Å²) in [6.45, 7) is 0.0631. The highest BCUT2D eigenvalue weighted by molar-refractivity contribution is 5.85. The van der Waals surface area contributed by atoms with Gasteiger partial charge in [-0.25, -0.2) is 8.78 Å². The van der Waals surface area contributed by atoms with Gasteiger partial charge in [0.25, 0.3) is 0 Å². The third kappa shape index (κ3) is 5.24. The van der Waals surface area contributed by atoms with Crippen molar-refractivity contribution in [2.45, 2.75) is 6.36 Å². The fraction of sp³-hybridized carbons (Fsp3) is 0.200. The summed E-state index contributed by atoms with van der Waals surface area (Å²) in [5.41, 5.74) is 5.05. The average Bonchev–Trinajstić information content (AvgIpc) is 2.47. The highest BCUT2D eigenvalue weighted by Crippen LogP contribution is 2.37. The Morgan fingerprint density at radius 2 is 1.67 bits per heavy atom. The largest absolute Gasteiger partial charge is 0.573 e. The van der Waals surface area contributed by atoms with Crippen LogP contribution in [0.25, 0.3) is 11.1 Å². The van der Waals surface area contributed by atoms with E-state index in [4.69, 9.17) is 10.5 Å². The van der Waals surface area contributed by atoms with Crippen molar-refractivity contribution in [2.75, 3.05) is 13.2 Å². The summed E-state index contributed by atoms with van der Waals surface area (Å²) in [4.78, 5) is 0. The molecule has 2 rings (SSSR count). The van der Waals surface area contributed by atoms with Gasteiger partial charge < -0.3 is 15.2 Å². The van der Waals surface area contributed by atoms with E-state index in [1.165, 1.54) is 12.1 Å². The van der Waals surface area contributed by atoms with Crippen LogP contribution >= 0.6 is 12.4 Å². The summed E-state index contributed by atoms with van der Waals surface area (Å²) >= 11 is 0. The standard InChI is InChI=1S/C15H12F5NO2.ClH/c16-10-2-3-12(17)11(8-10)9-1-4-13(22-6-5-21)14(7-9)23-15(18,19)20;/h1-4,7-8H,5-6,21H2;1H. The van der Waals surface area contributed by atoms with E-state index >= 15 is 0 Å². The van der Waals surface area contributed by atoms with Gasteiger partial charge in [-0.1, -0.05) is 6.07 Å². The lowest BCUT2D eigenvalue weighted by atomic mass is 10.0. The van der Waals surface area contributed by atoms with Gasteiger partial charge in [0.05, 0.1) is 0 Å². The van der Waals surface area contributed by atoms with Crippen molar-refractivity contribution in [3.8, 4) is 22.6 Å². The number of hydrogen-bond donors (Lipinski definition) is 1. The van der Waals surface area contributed by atoms with Gasteiger partial charge in [0.1, 0.15) is 18.2 Å². The summed E-state index contributed by atoms with van der Waals surface area (Å²) in [6.07, 6.45) is -4.96. The predicted molar refractivity (Wildman–Crippen MR) is 80.3 cm³/mol. The van der Waals surface area contributed by atoms with Crippen LogP contribution in [-0.4, -0.2) is 19.5 Å². The molecule has 2 N–H and O–H groups in total. The minimum absolute atomic E-state index is 0. The third-order valence-electron chi connectivity index (χ3n) is 2.78. The molecule has 24 heavy (non-hydrogen) atoms. The number of ether oxygens (including phenoxy) is 2. The van der Waals surface area contributed by atoms with Gasteiger partial charge in [-0.2, -0.15) is 0 Å². The van der Waals surface area contributed by atoms with Gasteiger partial charge in [-0.15, -0.1) is 25.6 Å². The molecule has 132 valence electrons. The molecule has 0 aromatic heterocycles. The molecule has 2 aromatic carbocycles. The Kier molecular flexibility index (Phi) is 6.80. The molecule has 3 nitrogen and oxygen atoms in total. The first-order valence-corrected chi connectivity index (χ1v) is 6.48. The van der Waals surface area contributed by atoms with E-state index in [0.29, 0.717) is 0 Å². The Morgan fingerprint density at radius 3 is 2.29 bits per heavy atom. The summed E-state index contributed by atoms with van der Waals surface area (Å²) < 4.78 is 73.4. The molecule has 0 spiro atoms. The lowest BCUT2D eigenvalue weighted by Crippen LogP contribution is -2.18. The smallest absolute Gasteiger partial charge is 0.488 e. The highest BCUT2D eigenvalue weighted by atomic mass is 35.5. The maximum Gasteiger partial charge on any atom is 0.573 e. The Hall–Kier alpha value is -2.06. The summed E-state index contributed by atoms with van der Waals surface area (Å²) in [5.74, 6) is -2.36. The molecule has 9 heteroatoms. The molecule has 0 amide bonds. The molecule has 0 aliphatic heterocycles. The summed E-state index contributed by atoms with van der Waals surface area (Å²) in [7, 11) is 0. The lowest BCUT2D eigenvalue weighted by molar-refractivity contribution is -0.275. The van der Waals surface area contributed by atoms with Gasteiger partial charge in [-0.3, -0.25) is 0 Å². The van der Waals surface area contributed by atoms with Gasteiger partial charge >= 0.3 is 6.36 Å². The van der Waals surface area contributed by atoms with E-state index in [-0.39, 0.29) is 42.4 Å². The van der Waals surface area contributed by atoms with Gasteiger partial charge in [-0.05, 0) is 35.9 Å². The van der Waals surface area contributed by atoms with Crippen LogP contribution < -0.4 is 15.2 Å². The molecule has 0 atom stereocenters. The molecule has 0 saturated heterocycles. The average molecular weight is 370 g/mol. The van der Waals surface area contributed by atoms with Crippen LogP contribution in [0.4, 0.5) is 22.0 Å². The Balaban J connectivity index is 0.00000288. The van der Waals surface area contributed by atoms with Crippen LogP contribution in [0.3, 0.4) is 0 Å². The molecular formula is C15H13ClF5NO2. The van der Waals surface area contributed by atoms with E-state index in [1.54, 1.807) is 0 Å². The zero-order valence-corrected chi connectivity index (χ0v) is 12.9. The number of halogens is 6. The second-order valence-electron chi connectivity index (χ2n) is 4.47. The van der Waals surface area contributed by atoms with Crippen molar-refractivity contribution in [2.24, 2.45) is 5.73 Å². The topological polar surface area (TPSA) is 44.5 Å². The number of rotatable bonds is 5. The van der Waals surface area contributed by atoms with E-state index in [0.717, 1.165) is 24.3 Å². The minimum atomic E-state index is -4.96. The van der Waals surface area contributed by atoms with Gasteiger partial charge in [0, 0.05) is 12.1 Å². The molecule has 0 heterocycles. The number of nitrogens with two attached hydrogens (primary N) is 1. The third-order valence-corrected chi connectivity index (χ3v) is 2.78. The summed E-state index contributed by atoms with van der Waals surface area (Å²) in [5, 5.41) is 0. The van der Waals surface area contributed by atoms with Crippen molar-refractivity contribution in [3.63, 3.8) is 0 Å². The molecule has 0 aliphatic rings. The highest BCUT2D eigenvalue weighted by Gasteiger charge is 2.32. The normalized spacial score (nSPS) is 10.9. The molecule has 0 aliphatic carbocycles. The molecule has 0 radical (unpaired) electrons. The minimum Gasteiger partial charge on any atom is -0.488 e. The fourth-order valence-corrected chi connectivity index (χ4v) is 1.89. The lowest BCUT2D eigenvalue weighted by Gasteiger charge is -2.15. The summed E-state index contributed by atoms with van der Waals surface area (Å²) in [6, 6.07) is 6.07. The van der Waals surface area contributed by atoms with Crippen molar-refractivity contribution < 1.29 is 31.4 Å². The Bertz CT molecular complexity index is 694. The van der Waals surface area contributed by atoms with Crippen molar-refractivity contribution in [1.82, 2.24) is 0 Å². The molecule has 0 bridgehead atoms. The fourth-order valence-electron chi connectivity index (χ4n) is 1.89. The first kappa shape index (κ1) is 20.0. The Labute approximate surface area is 140 Å². The van der Waals surface area contributed by atoms with Crippen molar-refractivity contribution >= 4 is 12.4 Å². The number of alkyl halides is 3. The number of benzene rings is 2. The zero-order chi connectivity index (χ0) is 17.0. The van der Waals surface area contributed by atoms with E-state index < -0.39 is 23.7 Å². The molecule has 0 fully saturated rings. The van der Waals surface area contributed by atoms with E-state index in [2.05, 4.69) is 4.74 Å². The van der Waals surface area contributed by atoms with Crippen LogP contribution in [0.15, 0.2) is 36.4 Å². The van der Waals surface area contributed by atoms with Gasteiger partial charge in [0.15, 0.2) is 11.5 Å². The molecule has 2 aromatic rings. The van der Waals surface area contributed by atoms with Crippen molar-refractivity contribution in [1.29, 1.82) is 0 Å². The second-order valence-corrected chi connectivity index (χ2v) is 4.47. The first-order chi connectivity index (χ1) is 10.8. The molecule has 0 saturated carbocycles. The number of hydrogen-bond acceptors (Lipinski definition) is 3. The van der Waals surface area contributed by atoms with E-state index in [9.17, 15) is 22.0 Å². The zero-order valence-electron chi connectivity index (χ0n) is 12.1. The van der Waals surface area contributed by atoms with E-state index in [1.807, 2.05) is 0 Å². The second kappa shape index (κ2) is 8.16. The Morgan fingerprint density at radius 1 is 0.958 bits per heavy atom. The first-order valence-electron chi connectivity index (χ1n) is 6.48. The maximum atomic E-state index is 13.8. The van der Waals surface area contributed by atoms with Crippen LogP contribution in [0.2, 0.25) is 0 Å².